The predicted octanol–water partition coefficient (Wildman–Crippen LogP) is 2.08. The minimum absolute atomic E-state index is 0.525. The first-order valence-corrected chi connectivity index (χ1v) is 6.89. The van der Waals surface area contributed by atoms with Gasteiger partial charge in [-0.1, -0.05) is 0 Å². The molecule has 1 saturated heterocycles. The fourth-order valence-electron chi connectivity index (χ4n) is 2.55. The summed E-state index contributed by atoms with van der Waals surface area (Å²) in [5, 5.41) is 0. The molecular weight excluding hydrogens is 274 g/mol. The molecule has 2 heterocycles. The van der Waals surface area contributed by atoms with Crippen molar-refractivity contribution >= 4 is 5.82 Å². The van der Waals surface area contributed by atoms with Crippen LogP contribution in [-0.4, -0.2) is 41.0 Å². The second kappa shape index (κ2) is 6.13. The molecule has 0 amide bonds. The summed E-state index contributed by atoms with van der Waals surface area (Å²) in [5.74, 6) is -0.180. The molecule has 0 bridgehead atoms. The zero-order chi connectivity index (χ0) is 14.7. The molecule has 0 atom stereocenters. The molecule has 110 valence electrons. The Balaban J connectivity index is 1.58. The lowest BCUT2D eigenvalue weighted by Crippen LogP contribution is -2.46. The maximum absolute atomic E-state index is 13.2. The van der Waals surface area contributed by atoms with E-state index in [0.717, 1.165) is 38.1 Å². The molecule has 1 aromatic carbocycles. The first-order valence-electron chi connectivity index (χ1n) is 6.89. The Morgan fingerprint density at radius 2 is 1.67 bits per heavy atom. The molecule has 0 unspecified atom stereocenters. The smallest absolute Gasteiger partial charge is 0.147 e. The van der Waals surface area contributed by atoms with Gasteiger partial charge in [0.2, 0.25) is 0 Å². The molecule has 1 fully saturated rings. The number of nitrogens with zero attached hydrogens (tertiary/aromatic N) is 4. The Morgan fingerprint density at radius 1 is 0.952 bits per heavy atom. The lowest BCUT2D eigenvalue weighted by molar-refractivity contribution is 0.248. The normalized spacial score (nSPS) is 16.2. The van der Waals surface area contributed by atoms with Crippen molar-refractivity contribution in [3.05, 3.63) is 54.0 Å². The average Bonchev–Trinajstić information content (AvgIpc) is 2.48. The number of anilines is 1. The van der Waals surface area contributed by atoms with Crippen LogP contribution in [0.5, 0.6) is 0 Å². The Bertz CT molecular complexity index is 578. The number of halogens is 2. The predicted molar refractivity (Wildman–Crippen MR) is 75.9 cm³/mol. The fraction of sp³-hybridized carbons (Fsp3) is 0.333. The lowest BCUT2D eigenvalue weighted by atomic mass is 10.2. The third-order valence-corrected chi connectivity index (χ3v) is 3.57. The van der Waals surface area contributed by atoms with Crippen molar-refractivity contribution in [1.29, 1.82) is 0 Å². The Hall–Kier alpha value is -2.08. The summed E-state index contributed by atoms with van der Waals surface area (Å²) in [5.41, 5.74) is 0.667. The molecule has 0 radical (unpaired) electrons. The Morgan fingerprint density at radius 3 is 2.29 bits per heavy atom. The highest BCUT2D eigenvalue weighted by atomic mass is 19.1. The number of hydrogen-bond donors (Lipinski definition) is 0. The second-order valence-electron chi connectivity index (χ2n) is 5.10. The van der Waals surface area contributed by atoms with Gasteiger partial charge in [-0.05, 0) is 17.7 Å². The molecule has 1 aliphatic rings. The second-order valence-corrected chi connectivity index (χ2v) is 5.10. The van der Waals surface area contributed by atoms with Crippen LogP contribution in [0.25, 0.3) is 0 Å². The van der Waals surface area contributed by atoms with Gasteiger partial charge in [-0.3, -0.25) is 9.88 Å². The van der Waals surface area contributed by atoms with Crippen molar-refractivity contribution in [2.24, 2.45) is 0 Å². The minimum atomic E-state index is -0.525. The van der Waals surface area contributed by atoms with Crippen LogP contribution < -0.4 is 4.90 Å². The number of hydrogen-bond acceptors (Lipinski definition) is 4. The molecule has 0 aliphatic carbocycles. The van der Waals surface area contributed by atoms with Gasteiger partial charge in [-0.2, -0.15) is 0 Å². The molecule has 2 aromatic rings. The van der Waals surface area contributed by atoms with Crippen molar-refractivity contribution in [3.8, 4) is 0 Å². The van der Waals surface area contributed by atoms with Crippen LogP contribution >= 0.6 is 0 Å². The number of rotatable bonds is 3. The van der Waals surface area contributed by atoms with E-state index in [1.807, 2.05) is 0 Å². The quantitative estimate of drug-likeness (QED) is 0.866. The molecule has 0 N–H and O–H groups in total. The number of piperazine rings is 1. The molecule has 1 aliphatic heterocycles. The largest absolute Gasteiger partial charge is 0.353 e. The van der Waals surface area contributed by atoms with E-state index < -0.39 is 11.6 Å². The summed E-state index contributed by atoms with van der Waals surface area (Å²) in [7, 11) is 0. The van der Waals surface area contributed by atoms with Gasteiger partial charge in [-0.25, -0.2) is 13.8 Å². The van der Waals surface area contributed by atoms with Crippen LogP contribution in [0.1, 0.15) is 5.56 Å². The average molecular weight is 290 g/mol. The molecular formula is C15H16F2N4. The van der Waals surface area contributed by atoms with Gasteiger partial charge in [0.05, 0.1) is 6.20 Å². The summed E-state index contributed by atoms with van der Waals surface area (Å²) in [6.45, 7) is 3.87. The van der Waals surface area contributed by atoms with Gasteiger partial charge in [0.1, 0.15) is 17.5 Å². The van der Waals surface area contributed by atoms with Crippen molar-refractivity contribution in [2.45, 2.75) is 6.54 Å². The SMILES string of the molecule is Fc1cc(F)cc(CN2CCN(c3cnccn3)CC2)c1. The van der Waals surface area contributed by atoms with Crippen molar-refractivity contribution in [2.75, 3.05) is 31.1 Å². The lowest BCUT2D eigenvalue weighted by Gasteiger charge is -2.35. The zero-order valence-electron chi connectivity index (χ0n) is 11.5. The Labute approximate surface area is 122 Å². The summed E-state index contributed by atoms with van der Waals surface area (Å²) < 4.78 is 26.4. The highest BCUT2D eigenvalue weighted by Gasteiger charge is 2.18. The van der Waals surface area contributed by atoms with E-state index in [1.54, 1.807) is 18.6 Å². The first-order chi connectivity index (χ1) is 10.2. The third kappa shape index (κ3) is 3.52. The molecule has 6 heteroatoms. The third-order valence-electron chi connectivity index (χ3n) is 3.57. The van der Waals surface area contributed by atoms with Gasteiger partial charge in [0.15, 0.2) is 0 Å². The molecule has 0 saturated carbocycles. The monoisotopic (exact) mass is 290 g/mol. The van der Waals surface area contributed by atoms with Gasteiger partial charge < -0.3 is 4.90 Å². The van der Waals surface area contributed by atoms with Crippen LogP contribution in [0.3, 0.4) is 0 Å². The topological polar surface area (TPSA) is 32.3 Å². The van der Waals surface area contributed by atoms with Gasteiger partial charge in [0, 0.05) is 51.2 Å². The summed E-state index contributed by atoms with van der Waals surface area (Å²) in [6.07, 6.45) is 5.08. The van der Waals surface area contributed by atoms with Gasteiger partial charge in [0.25, 0.3) is 0 Å². The molecule has 1 aromatic heterocycles. The maximum Gasteiger partial charge on any atom is 0.147 e. The van der Waals surface area contributed by atoms with Crippen LogP contribution in [-0.2, 0) is 6.54 Å². The standard InChI is InChI=1S/C15H16F2N4/c16-13-7-12(8-14(17)9-13)11-20-3-5-21(6-4-20)15-10-18-1-2-19-15/h1-2,7-10H,3-6,11H2. The highest BCUT2D eigenvalue weighted by Crippen LogP contribution is 2.15. The van der Waals surface area contributed by atoms with E-state index in [1.165, 1.54) is 12.1 Å². The maximum atomic E-state index is 13.2. The van der Waals surface area contributed by atoms with Crippen LogP contribution in [0, 0.1) is 11.6 Å². The Kier molecular flexibility index (Phi) is 4.06. The molecule has 0 spiro atoms. The van der Waals surface area contributed by atoms with Crippen LogP contribution in [0.4, 0.5) is 14.6 Å². The molecule has 21 heavy (non-hydrogen) atoms. The van der Waals surface area contributed by atoms with Crippen molar-refractivity contribution < 1.29 is 8.78 Å². The summed E-state index contributed by atoms with van der Waals surface area (Å²) >= 11 is 0. The van der Waals surface area contributed by atoms with Crippen molar-refractivity contribution in [3.63, 3.8) is 0 Å². The highest BCUT2D eigenvalue weighted by molar-refractivity contribution is 5.35. The number of benzene rings is 1. The minimum Gasteiger partial charge on any atom is -0.353 e. The summed E-state index contributed by atoms with van der Waals surface area (Å²) in [4.78, 5) is 12.7. The van der Waals surface area contributed by atoms with Gasteiger partial charge in [-0.15, -0.1) is 0 Å². The van der Waals surface area contributed by atoms with E-state index in [4.69, 9.17) is 0 Å². The van der Waals surface area contributed by atoms with Crippen LogP contribution in [0.2, 0.25) is 0 Å². The van der Waals surface area contributed by atoms with Crippen LogP contribution in [0.15, 0.2) is 36.8 Å². The van der Waals surface area contributed by atoms with Crippen molar-refractivity contribution in [1.82, 2.24) is 14.9 Å². The van der Waals surface area contributed by atoms with E-state index in [-0.39, 0.29) is 0 Å². The van der Waals surface area contributed by atoms with E-state index in [9.17, 15) is 8.78 Å². The zero-order valence-corrected chi connectivity index (χ0v) is 11.5. The molecule has 3 rings (SSSR count). The fourth-order valence-corrected chi connectivity index (χ4v) is 2.55. The van der Waals surface area contributed by atoms with Gasteiger partial charge >= 0.3 is 0 Å². The van der Waals surface area contributed by atoms with E-state index in [0.29, 0.717) is 12.1 Å². The van der Waals surface area contributed by atoms with E-state index >= 15 is 0 Å². The summed E-state index contributed by atoms with van der Waals surface area (Å²) in [6, 6.07) is 3.67. The first kappa shape index (κ1) is 13.9. The number of aromatic nitrogens is 2. The molecule has 4 nitrogen and oxygen atoms in total. The van der Waals surface area contributed by atoms with E-state index in [2.05, 4.69) is 19.8 Å².